The molecule has 2 amide bonds. The standard InChI is InChI=1S/C20H30N2O12/c1-10(23)21-22(11(2)24)8-17(31-13(4)26)19(33-15(6)28)20(34-16(7)29)18(32-14(5)27)9-30-12(3)25/h17-20H,8-9H2,1-7H3,(H,21,23)/t17-,18+,19-,20-/m0/s1. The van der Waals surface area contributed by atoms with Gasteiger partial charge in [-0.05, 0) is 0 Å². The van der Waals surface area contributed by atoms with Gasteiger partial charge in [0.2, 0.25) is 11.8 Å². The van der Waals surface area contributed by atoms with Crippen molar-refractivity contribution in [2.75, 3.05) is 13.2 Å². The van der Waals surface area contributed by atoms with Crippen LogP contribution in [-0.2, 0) is 57.2 Å². The summed E-state index contributed by atoms with van der Waals surface area (Å²) in [4.78, 5) is 82.0. The van der Waals surface area contributed by atoms with Gasteiger partial charge >= 0.3 is 29.8 Å². The van der Waals surface area contributed by atoms with Crippen LogP contribution >= 0.6 is 0 Å². The van der Waals surface area contributed by atoms with E-state index < -0.39 is 79.2 Å². The second-order valence-corrected chi connectivity index (χ2v) is 7.04. The molecule has 1 N–H and O–H groups in total. The number of rotatable bonds is 11. The van der Waals surface area contributed by atoms with Crippen molar-refractivity contribution in [2.24, 2.45) is 0 Å². The lowest BCUT2D eigenvalue weighted by atomic mass is 10.0. The van der Waals surface area contributed by atoms with Gasteiger partial charge in [-0.1, -0.05) is 0 Å². The molecule has 0 fully saturated rings. The van der Waals surface area contributed by atoms with E-state index in [0.717, 1.165) is 53.5 Å². The van der Waals surface area contributed by atoms with Gasteiger partial charge in [0.25, 0.3) is 0 Å². The van der Waals surface area contributed by atoms with Gasteiger partial charge < -0.3 is 23.7 Å². The van der Waals surface area contributed by atoms with Gasteiger partial charge in [-0.3, -0.25) is 44.0 Å². The van der Waals surface area contributed by atoms with Crippen LogP contribution in [0, 0.1) is 0 Å². The SMILES string of the molecule is CC(=O)NN(C[C@H](OC(C)=O)[C@H](OC(C)=O)[C@@H](OC(C)=O)[C@@H](COC(C)=O)OC(C)=O)C(C)=O. The van der Waals surface area contributed by atoms with Crippen molar-refractivity contribution in [3.63, 3.8) is 0 Å². The Morgan fingerprint density at radius 1 is 0.618 bits per heavy atom. The molecule has 0 aliphatic heterocycles. The Morgan fingerprint density at radius 3 is 1.38 bits per heavy atom. The van der Waals surface area contributed by atoms with E-state index in [9.17, 15) is 33.6 Å². The van der Waals surface area contributed by atoms with Gasteiger partial charge in [0.1, 0.15) is 6.61 Å². The topological polar surface area (TPSA) is 181 Å². The van der Waals surface area contributed by atoms with E-state index in [1.165, 1.54) is 0 Å². The smallest absolute Gasteiger partial charge is 0.303 e. The Labute approximate surface area is 196 Å². The first-order valence-corrected chi connectivity index (χ1v) is 10.0. The minimum atomic E-state index is -1.67. The first-order chi connectivity index (χ1) is 15.6. The average molecular weight is 490 g/mol. The lowest BCUT2D eigenvalue weighted by molar-refractivity contribution is -0.204. The van der Waals surface area contributed by atoms with Crippen molar-refractivity contribution in [2.45, 2.75) is 72.9 Å². The molecule has 0 rings (SSSR count). The summed E-state index contributed by atoms with van der Waals surface area (Å²) >= 11 is 0. The molecule has 0 saturated heterocycles. The highest BCUT2D eigenvalue weighted by atomic mass is 16.6. The molecule has 0 aromatic rings. The van der Waals surface area contributed by atoms with Crippen molar-refractivity contribution in [3.05, 3.63) is 0 Å². The maximum Gasteiger partial charge on any atom is 0.303 e. The maximum absolute atomic E-state index is 12.0. The van der Waals surface area contributed by atoms with Crippen LogP contribution in [0.4, 0.5) is 0 Å². The molecule has 0 aromatic heterocycles. The Bertz CT molecular complexity index is 796. The second kappa shape index (κ2) is 14.4. The van der Waals surface area contributed by atoms with Crippen LogP contribution in [0.2, 0.25) is 0 Å². The summed E-state index contributed by atoms with van der Waals surface area (Å²) < 4.78 is 25.7. The third kappa shape index (κ3) is 12.4. The van der Waals surface area contributed by atoms with Gasteiger partial charge in [0, 0.05) is 48.5 Å². The molecule has 0 aliphatic carbocycles. The van der Waals surface area contributed by atoms with Gasteiger partial charge in [-0.25, -0.2) is 0 Å². The van der Waals surface area contributed by atoms with Crippen LogP contribution < -0.4 is 5.43 Å². The summed E-state index contributed by atoms with van der Waals surface area (Å²) in [7, 11) is 0. The number of hydrogen-bond donors (Lipinski definition) is 1. The fraction of sp³-hybridized carbons (Fsp3) is 0.650. The zero-order valence-electron chi connectivity index (χ0n) is 20.1. The van der Waals surface area contributed by atoms with E-state index in [1.54, 1.807) is 0 Å². The number of esters is 5. The van der Waals surface area contributed by atoms with Crippen molar-refractivity contribution in [1.29, 1.82) is 0 Å². The van der Waals surface area contributed by atoms with Crippen molar-refractivity contribution in [1.82, 2.24) is 10.4 Å². The zero-order valence-corrected chi connectivity index (χ0v) is 20.1. The lowest BCUT2D eigenvalue weighted by Crippen LogP contribution is -2.58. The van der Waals surface area contributed by atoms with Crippen LogP contribution in [0.15, 0.2) is 0 Å². The number of carbonyl (C=O) groups excluding carboxylic acids is 7. The molecule has 0 bridgehead atoms. The molecule has 14 heteroatoms. The van der Waals surface area contributed by atoms with Gasteiger partial charge in [-0.2, -0.15) is 0 Å². The van der Waals surface area contributed by atoms with Crippen molar-refractivity contribution >= 4 is 41.7 Å². The molecule has 34 heavy (non-hydrogen) atoms. The number of carbonyl (C=O) groups is 7. The second-order valence-electron chi connectivity index (χ2n) is 7.04. The molecule has 0 heterocycles. The average Bonchev–Trinajstić information content (AvgIpc) is 2.65. The number of nitrogens with one attached hydrogen (secondary N) is 1. The van der Waals surface area contributed by atoms with E-state index in [0.29, 0.717) is 0 Å². The number of amides is 2. The lowest BCUT2D eigenvalue weighted by Gasteiger charge is -2.36. The van der Waals surface area contributed by atoms with Gasteiger partial charge in [0.15, 0.2) is 24.4 Å². The van der Waals surface area contributed by atoms with Crippen LogP contribution in [0.5, 0.6) is 0 Å². The minimum Gasteiger partial charge on any atom is -0.462 e. The van der Waals surface area contributed by atoms with Crippen molar-refractivity contribution < 1.29 is 57.2 Å². The number of nitrogens with zero attached hydrogens (tertiary/aromatic N) is 1. The zero-order chi connectivity index (χ0) is 26.6. The molecule has 0 radical (unpaired) electrons. The van der Waals surface area contributed by atoms with Crippen molar-refractivity contribution in [3.8, 4) is 0 Å². The summed E-state index contributed by atoms with van der Waals surface area (Å²) in [6, 6.07) is 0. The Kier molecular flexibility index (Phi) is 12.9. The highest BCUT2D eigenvalue weighted by Crippen LogP contribution is 2.21. The molecular weight excluding hydrogens is 460 g/mol. The molecule has 0 spiro atoms. The fourth-order valence-corrected chi connectivity index (χ4v) is 2.75. The van der Waals surface area contributed by atoms with Crippen LogP contribution in [-0.4, -0.2) is 84.2 Å². The summed E-state index contributed by atoms with van der Waals surface area (Å²) in [6.45, 7) is 6.22. The molecular formula is C20H30N2O12. The molecule has 0 aromatic carbocycles. The quantitative estimate of drug-likeness (QED) is 0.216. The summed E-state index contributed by atoms with van der Waals surface area (Å²) in [5.41, 5.74) is 2.22. The van der Waals surface area contributed by atoms with E-state index in [4.69, 9.17) is 23.7 Å². The normalized spacial score (nSPS) is 13.7. The van der Waals surface area contributed by atoms with Crippen LogP contribution in [0.25, 0.3) is 0 Å². The van der Waals surface area contributed by atoms with E-state index in [2.05, 4.69) is 5.43 Å². The highest BCUT2D eigenvalue weighted by molar-refractivity contribution is 5.79. The molecule has 14 nitrogen and oxygen atoms in total. The predicted octanol–water partition coefficient (Wildman–Crippen LogP) is -0.824. The Balaban J connectivity index is 6.55. The first-order valence-electron chi connectivity index (χ1n) is 10.0. The van der Waals surface area contributed by atoms with Gasteiger partial charge in [-0.15, -0.1) is 0 Å². The summed E-state index contributed by atoms with van der Waals surface area (Å²) in [6.07, 6.45) is -6.35. The largest absolute Gasteiger partial charge is 0.462 e. The third-order valence-corrected chi connectivity index (χ3v) is 3.78. The van der Waals surface area contributed by atoms with Crippen LogP contribution in [0.3, 0.4) is 0 Å². The fourth-order valence-electron chi connectivity index (χ4n) is 2.75. The molecule has 4 atom stereocenters. The van der Waals surface area contributed by atoms with E-state index in [1.807, 2.05) is 0 Å². The third-order valence-electron chi connectivity index (χ3n) is 3.78. The molecule has 192 valence electrons. The Hall–Kier alpha value is -3.71. The molecule has 0 aliphatic rings. The monoisotopic (exact) mass is 490 g/mol. The first kappa shape index (κ1) is 30.3. The minimum absolute atomic E-state index is 0.551. The van der Waals surface area contributed by atoms with Gasteiger partial charge in [0.05, 0.1) is 6.54 Å². The molecule has 0 unspecified atom stereocenters. The number of hydrogen-bond acceptors (Lipinski definition) is 12. The molecule has 0 saturated carbocycles. The highest BCUT2D eigenvalue weighted by Gasteiger charge is 2.44. The number of ether oxygens (including phenoxy) is 5. The maximum atomic E-state index is 12.0. The van der Waals surface area contributed by atoms with E-state index in [-0.39, 0.29) is 0 Å². The predicted molar refractivity (Wildman–Crippen MR) is 110 cm³/mol. The summed E-state index contributed by atoms with van der Waals surface area (Å²) in [5, 5.41) is 0.782. The van der Waals surface area contributed by atoms with Crippen LogP contribution in [0.1, 0.15) is 48.5 Å². The summed E-state index contributed by atoms with van der Waals surface area (Å²) in [5.74, 6) is -5.62. The Morgan fingerprint density at radius 2 is 1.03 bits per heavy atom. The number of hydrazine groups is 1. The van der Waals surface area contributed by atoms with E-state index >= 15 is 0 Å².